The highest BCUT2D eigenvalue weighted by Crippen LogP contribution is 2.14. The van der Waals surface area contributed by atoms with Gasteiger partial charge in [0.2, 0.25) is 0 Å². The second kappa shape index (κ2) is 20.2. The molecule has 2 amide bonds. The van der Waals surface area contributed by atoms with Crippen LogP contribution in [0.1, 0.15) is 115 Å². The molecule has 0 spiro atoms. The van der Waals surface area contributed by atoms with Gasteiger partial charge in [-0.1, -0.05) is 115 Å². The van der Waals surface area contributed by atoms with Crippen LogP contribution in [0.5, 0.6) is 5.75 Å². The van der Waals surface area contributed by atoms with Gasteiger partial charge in [-0.2, -0.15) is 0 Å². The van der Waals surface area contributed by atoms with Gasteiger partial charge in [0.1, 0.15) is 5.75 Å². The molecule has 178 valence electrons. The number of urea groups is 1. The van der Waals surface area contributed by atoms with E-state index in [2.05, 4.69) is 17.6 Å². The minimum absolute atomic E-state index is 0.0962. The normalized spacial score (nSPS) is 10.9. The van der Waals surface area contributed by atoms with E-state index < -0.39 is 0 Å². The molecule has 0 fully saturated rings. The first-order valence-electron chi connectivity index (χ1n) is 13.0. The highest BCUT2D eigenvalue weighted by atomic mass is 16.3. The predicted molar refractivity (Wildman–Crippen MR) is 133 cm³/mol. The molecule has 0 aliphatic carbocycles. The summed E-state index contributed by atoms with van der Waals surface area (Å²) in [5.74, 6) is 0.269. The summed E-state index contributed by atoms with van der Waals surface area (Å²) in [5, 5.41) is 15.2. The maximum Gasteiger partial charge on any atom is 0.314 e. The van der Waals surface area contributed by atoms with Crippen LogP contribution in [0.3, 0.4) is 0 Å². The predicted octanol–water partition coefficient (Wildman–Crippen LogP) is 7.50. The zero-order valence-electron chi connectivity index (χ0n) is 20.1. The fourth-order valence-electron chi connectivity index (χ4n) is 3.97. The van der Waals surface area contributed by atoms with Crippen LogP contribution in [0.25, 0.3) is 0 Å². The molecule has 4 heteroatoms. The summed E-state index contributed by atoms with van der Waals surface area (Å²) in [7, 11) is 0. The van der Waals surface area contributed by atoms with Crippen LogP contribution in [-0.4, -0.2) is 24.2 Å². The van der Waals surface area contributed by atoms with Gasteiger partial charge < -0.3 is 15.7 Å². The summed E-state index contributed by atoms with van der Waals surface area (Å²) in [4.78, 5) is 11.8. The summed E-state index contributed by atoms with van der Waals surface area (Å²) in [6, 6.07) is 7.07. The van der Waals surface area contributed by atoms with Crippen molar-refractivity contribution in [2.75, 3.05) is 13.1 Å². The van der Waals surface area contributed by atoms with Gasteiger partial charge in [0, 0.05) is 13.1 Å². The number of hydrogen-bond donors (Lipinski definition) is 3. The fourth-order valence-corrected chi connectivity index (χ4v) is 3.97. The third-order valence-electron chi connectivity index (χ3n) is 5.93. The zero-order valence-corrected chi connectivity index (χ0v) is 20.1. The molecule has 0 bridgehead atoms. The average Bonchev–Trinajstić information content (AvgIpc) is 2.76. The van der Waals surface area contributed by atoms with E-state index in [1.54, 1.807) is 12.1 Å². The van der Waals surface area contributed by atoms with Crippen LogP contribution < -0.4 is 10.6 Å². The summed E-state index contributed by atoms with van der Waals surface area (Å²) in [6.07, 6.45) is 22.5. The molecule has 0 aliphatic heterocycles. The molecule has 1 aromatic carbocycles. The molecule has 0 saturated heterocycles. The van der Waals surface area contributed by atoms with Gasteiger partial charge in [-0.25, -0.2) is 4.79 Å². The van der Waals surface area contributed by atoms with Crippen molar-refractivity contribution in [2.45, 2.75) is 116 Å². The molecular formula is C27H48N2O2. The van der Waals surface area contributed by atoms with Crippen LogP contribution in [0.15, 0.2) is 24.3 Å². The quantitative estimate of drug-likeness (QED) is 0.187. The first-order chi connectivity index (χ1) is 15.2. The van der Waals surface area contributed by atoms with Crippen LogP contribution >= 0.6 is 0 Å². The third-order valence-corrected chi connectivity index (χ3v) is 5.93. The van der Waals surface area contributed by atoms with E-state index in [9.17, 15) is 9.90 Å². The van der Waals surface area contributed by atoms with E-state index in [1.807, 2.05) is 12.1 Å². The van der Waals surface area contributed by atoms with Crippen molar-refractivity contribution in [3.63, 3.8) is 0 Å². The summed E-state index contributed by atoms with van der Waals surface area (Å²) < 4.78 is 0. The summed E-state index contributed by atoms with van der Waals surface area (Å²) >= 11 is 0. The number of carbonyl (C=O) groups excluding carboxylic acids is 1. The maximum atomic E-state index is 11.8. The standard InChI is InChI=1S/C27H48N2O2/c1-2-3-4-5-6-7-8-9-10-11-12-13-14-15-16-17-22-28-27(31)29-23-21-25-19-18-20-26(30)24-25/h18-20,24,30H,2-17,21-23H2,1H3,(H2,28,29,31). The largest absolute Gasteiger partial charge is 0.508 e. The number of rotatable bonds is 20. The van der Waals surface area contributed by atoms with Crippen molar-refractivity contribution in [3.05, 3.63) is 29.8 Å². The Bertz CT molecular complexity index is 548. The molecule has 0 aromatic heterocycles. The number of amides is 2. The van der Waals surface area contributed by atoms with Crippen LogP contribution in [0.4, 0.5) is 4.79 Å². The third kappa shape index (κ3) is 17.6. The van der Waals surface area contributed by atoms with Gasteiger partial charge >= 0.3 is 6.03 Å². The van der Waals surface area contributed by atoms with Crippen molar-refractivity contribution in [1.29, 1.82) is 0 Å². The molecule has 0 radical (unpaired) electrons. The Kier molecular flexibility index (Phi) is 17.8. The van der Waals surface area contributed by atoms with Crippen LogP contribution in [0, 0.1) is 0 Å². The smallest absolute Gasteiger partial charge is 0.314 e. The Balaban J connectivity index is 1.77. The van der Waals surface area contributed by atoms with Crippen LogP contribution in [-0.2, 0) is 6.42 Å². The Morgan fingerprint density at radius 1 is 0.710 bits per heavy atom. The molecule has 0 unspecified atom stereocenters. The van der Waals surface area contributed by atoms with Gasteiger partial charge in [0.25, 0.3) is 0 Å². The van der Waals surface area contributed by atoms with Crippen LogP contribution in [0.2, 0.25) is 0 Å². The lowest BCUT2D eigenvalue weighted by atomic mass is 10.0. The Morgan fingerprint density at radius 3 is 1.71 bits per heavy atom. The molecular weight excluding hydrogens is 384 g/mol. The maximum absolute atomic E-state index is 11.8. The number of nitrogens with one attached hydrogen (secondary N) is 2. The first-order valence-corrected chi connectivity index (χ1v) is 13.0. The topological polar surface area (TPSA) is 61.4 Å². The Hall–Kier alpha value is -1.71. The fraction of sp³-hybridized carbons (Fsp3) is 0.741. The molecule has 0 heterocycles. The number of carbonyl (C=O) groups is 1. The molecule has 0 aliphatic rings. The van der Waals surface area contributed by atoms with E-state index in [1.165, 1.54) is 96.3 Å². The molecule has 0 atom stereocenters. The van der Waals surface area contributed by atoms with Gasteiger partial charge in [0.15, 0.2) is 0 Å². The Labute approximate surface area is 191 Å². The van der Waals surface area contributed by atoms with Crippen molar-refractivity contribution in [1.82, 2.24) is 10.6 Å². The number of unbranched alkanes of at least 4 members (excludes halogenated alkanes) is 15. The molecule has 3 N–H and O–H groups in total. The van der Waals surface area contributed by atoms with E-state index in [4.69, 9.17) is 0 Å². The van der Waals surface area contributed by atoms with Crippen molar-refractivity contribution in [3.8, 4) is 5.75 Å². The summed E-state index contributed by atoms with van der Waals surface area (Å²) in [6.45, 7) is 3.60. The second-order valence-electron chi connectivity index (χ2n) is 8.91. The average molecular weight is 433 g/mol. The van der Waals surface area contributed by atoms with Crippen molar-refractivity contribution in [2.24, 2.45) is 0 Å². The summed E-state index contributed by atoms with van der Waals surface area (Å²) in [5.41, 5.74) is 1.03. The number of aromatic hydroxyl groups is 1. The second-order valence-corrected chi connectivity index (χ2v) is 8.91. The first kappa shape index (κ1) is 27.3. The molecule has 4 nitrogen and oxygen atoms in total. The minimum atomic E-state index is -0.0962. The minimum Gasteiger partial charge on any atom is -0.508 e. The number of phenols is 1. The lowest BCUT2D eigenvalue weighted by Gasteiger charge is -2.08. The number of benzene rings is 1. The van der Waals surface area contributed by atoms with E-state index in [0.717, 1.165) is 24.9 Å². The van der Waals surface area contributed by atoms with Gasteiger partial charge in [-0.3, -0.25) is 0 Å². The Morgan fingerprint density at radius 2 is 1.19 bits per heavy atom. The molecule has 1 rings (SSSR count). The molecule has 31 heavy (non-hydrogen) atoms. The zero-order chi connectivity index (χ0) is 22.4. The van der Waals surface area contributed by atoms with Gasteiger partial charge in [0.05, 0.1) is 0 Å². The van der Waals surface area contributed by atoms with Gasteiger partial charge in [-0.05, 0) is 30.5 Å². The molecule has 0 saturated carbocycles. The van der Waals surface area contributed by atoms with Gasteiger partial charge in [-0.15, -0.1) is 0 Å². The lowest BCUT2D eigenvalue weighted by Crippen LogP contribution is -2.37. The number of hydrogen-bond acceptors (Lipinski definition) is 2. The lowest BCUT2D eigenvalue weighted by molar-refractivity contribution is 0.241. The highest BCUT2D eigenvalue weighted by molar-refractivity contribution is 5.73. The number of phenolic OH excluding ortho intramolecular Hbond substituents is 1. The van der Waals surface area contributed by atoms with E-state index in [0.29, 0.717) is 6.54 Å². The van der Waals surface area contributed by atoms with Crippen molar-refractivity contribution < 1.29 is 9.90 Å². The molecule has 1 aromatic rings. The SMILES string of the molecule is CCCCCCCCCCCCCCCCCCNC(=O)NCCc1cccc(O)c1. The highest BCUT2D eigenvalue weighted by Gasteiger charge is 2.00. The van der Waals surface area contributed by atoms with Crippen molar-refractivity contribution >= 4 is 6.03 Å². The van der Waals surface area contributed by atoms with E-state index >= 15 is 0 Å². The monoisotopic (exact) mass is 432 g/mol. The van der Waals surface area contributed by atoms with E-state index in [-0.39, 0.29) is 11.8 Å².